The van der Waals surface area contributed by atoms with Crippen LogP contribution < -0.4 is 0 Å². The quantitative estimate of drug-likeness (QED) is 0.627. The van der Waals surface area contributed by atoms with Crippen LogP contribution >= 0.6 is 27.7 Å². The van der Waals surface area contributed by atoms with Crippen LogP contribution in [0.15, 0.2) is 15.7 Å². The Kier molecular flexibility index (Phi) is 4.82. The molecule has 1 unspecified atom stereocenters. The van der Waals surface area contributed by atoms with Gasteiger partial charge < -0.3 is 4.74 Å². The van der Waals surface area contributed by atoms with Gasteiger partial charge in [0.05, 0.1) is 6.10 Å². The van der Waals surface area contributed by atoms with Crippen molar-refractivity contribution in [3.05, 3.63) is 16.5 Å². The molecule has 1 saturated heterocycles. The minimum atomic E-state index is 0.356. The Bertz CT molecular complexity index is 381. The van der Waals surface area contributed by atoms with Gasteiger partial charge in [-0.25, -0.2) is 9.97 Å². The van der Waals surface area contributed by atoms with Crippen molar-refractivity contribution in [3.63, 3.8) is 0 Å². The molecular formula is C12H17BrN2OS. The monoisotopic (exact) mass is 316 g/mol. The van der Waals surface area contributed by atoms with Gasteiger partial charge in [-0.1, -0.05) is 13.8 Å². The first-order valence-corrected chi connectivity index (χ1v) is 7.72. The van der Waals surface area contributed by atoms with Crippen LogP contribution in [0.25, 0.3) is 0 Å². The van der Waals surface area contributed by atoms with E-state index in [2.05, 4.69) is 39.7 Å². The van der Waals surface area contributed by atoms with E-state index >= 15 is 0 Å². The summed E-state index contributed by atoms with van der Waals surface area (Å²) in [6.07, 6.45) is 2.77. The average molecular weight is 317 g/mol. The van der Waals surface area contributed by atoms with Gasteiger partial charge in [0, 0.05) is 24.3 Å². The highest BCUT2D eigenvalue weighted by atomic mass is 79.9. The second-order valence-electron chi connectivity index (χ2n) is 4.49. The van der Waals surface area contributed by atoms with Crippen LogP contribution in [0.5, 0.6) is 0 Å². The van der Waals surface area contributed by atoms with E-state index in [1.807, 2.05) is 6.07 Å². The van der Waals surface area contributed by atoms with Crippen molar-refractivity contribution < 1.29 is 4.74 Å². The van der Waals surface area contributed by atoms with Crippen LogP contribution in [0.3, 0.4) is 0 Å². The number of rotatable bonds is 4. The van der Waals surface area contributed by atoms with E-state index in [0.29, 0.717) is 12.0 Å². The molecule has 0 saturated carbocycles. The van der Waals surface area contributed by atoms with Gasteiger partial charge in [-0.15, -0.1) is 11.8 Å². The summed E-state index contributed by atoms with van der Waals surface area (Å²) >= 11 is 5.20. The summed E-state index contributed by atoms with van der Waals surface area (Å²) < 4.78 is 6.47. The lowest BCUT2D eigenvalue weighted by molar-refractivity contribution is 0.129. The van der Waals surface area contributed by atoms with Crippen LogP contribution in [0.2, 0.25) is 0 Å². The van der Waals surface area contributed by atoms with E-state index in [0.717, 1.165) is 27.8 Å². The van der Waals surface area contributed by atoms with E-state index in [-0.39, 0.29) is 0 Å². The van der Waals surface area contributed by atoms with Crippen molar-refractivity contribution in [3.8, 4) is 0 Å². The predicted octanol–water partition coefficient (Wildman–Crippen LogP) is 3.63. The van der Waals surface area contributed by atoms with Crippen LogP contribution in [-0.4, -0.2) is 28.4 Å². The van der Waals surface area contributed by atoms with E-state index in [1.54, 1.807) is 11.8 Å². The predicted molar refractivity (Wildman–Crippen MR) is 73.5 cm³/mol. The van der Waals surface area contributed by atoms with Crippen molar-refractivity contribution in [2.45, 2.75) is 43.7 Å². The Morgan fingerprint density at radius 2 is 2.35 bits per heavy atom. The molecular weight excluding hydrogens is 300 g/mol. The first-order valence-electron chi connectivity index (χ1n) is 5.94. The molecule has 0 aromatic carbocycles. The molecule has 0 bridgehead atoms. The number of aromatic nitrogens is 2. The number of ether oxygens (including phenoxy) is 1. The fraction of sp³-hybridized carbons (Fsp3) is 0.667. The zero-order valence-corrected chi connectivity index (χ0v) is 12.6. The second-order valence-corrected chi connectivity index (χ2v) is 6.34. The molecule has 1 atom stereocenters. The lowest BCUT2D eigenvalue weighted by atomic mass is 10.2. The highest BCUT2D eigenvalue weighted by molar-refractivity contribution is 9.10. The summed E-state index contributed by atoms with van der Waals surface area (Å²) in [5, 5.41) is 1.03. The maximum atomic E-state index is 5.61. The third-order valence-electron chi connectivity index (χ3n) is 2.65. The Balaban J connectivity index is 1.99. The normalized spacial score (nSPS) is 20.1. The zero-order chi connectivity index (χ0) is 12.3. The molecule has 0 radical (unpaired) electrons. The highest BCUT2D eigenvalue weighted by Crippen LogP contribution is 2.25. The molecule has 0 N–H and O–H groups in total. The fourth-order valence-corrected chi connectivity index (χ4v) is 3.22. The van der Waals surface area contributed by atoms with Crippen LogP contribution in [0.4, 0.5) is 0 Å². The maximum Gasteiger partial charge on any atom is 0.133 e. The van der Waals surface area contributed by atoms with Gasteiger partial charge in [-0.05, 0) is 28.8 Å². The molecule has 1 aromatic rings. The van der Waals surface area contributed by atoms with Crippen molar-refractivity contribution in [2.75, 3.05) is 12.4 Å². The molecule has 1 aromatic heterocycles. The number of nitrogens with zero attached hydrogens (tertiary/aromatic N) is 2. The Labute approximate surface area is 115 Å². The smallest absolute Gasteiger partial charge is 0.133 e. The fourth-order valence-electron chi connectivity index (χ4n) is 1.70. The summed E-state index contributed by atoms with van der Waals surface area (Å²) in [6, 6.07) is 1.98. The molecule has 3 nitrogen and oxygen atoms in total. The molecule has 0 aliphatic carbocycles. The molecule has 94 valence electrons. The molecule has 5 heteroatoms. The van der Waals surface area contributed by atoms with Crippen LogP contribution in [0, 0.1) is 0 Å². The molecule has 1 aliphatic heterocycles. The van der Waals surface area contributed by atoms with Crippen molar-refractivity contribution in [2.24, 2.45) is 0 Å². The molecule has 0 amide bonds. The van der Waals surface area contributed by atoms with Crippen molar-refractivity contribution in [1.82, 2.24) is 9.97 Å². The van der Waals surface area contributed by atoms with Crippen molar-refractivity contribution in [1.29, 1.82) is 0 Å². The van der Waals surface area contributed by atoms with Gasteiger partial charge in [0.1, 0.15) is 15.5 Å². The summed E-state index contributed by atoms with van der Waals surface area (Å²) in [6.45, 7) is 5.13. The van der Waals surface area contributed by atoms with Gasteiger partial charge >= 0.3 is 0 Å². The lowest BCUT2D eigenvalue weighted by Gasteiger charge is -2.10. The number of hydrogen-bond donors (Lipinski definition) is 0. The van der Waals surface area contributed by atoms with Gasteiger partial charge in [0.15, 0.2) is 0 Å². The summed E-state index contributed by atoms with van der Waals surface area (Å²) in [5.41, 5.74) is 0. The van der Waals surface area contributed by atoms with E-state index in [1.165, 1.54) is 12.8 Å². The van der Waals surface area contributed by atoms with Crippen molar-refractivity contribution >= 4 is 27.7 Å². The van der Waals surface area contributed by atoms with E-state index < -0.39 is 0 Å². The van der Waals surface area contributed by atoms with E-state index in [4.69, 9.17) is 4.74 Å². The Morgan fingerprint density at radius 1 is 1.53 bits per heavy atom. The van der Waals surface area contributed by atoms with Gasteiger partial charge in [-0.3, -0.25) is 0 Å². The standard InChI is InChI=1S/C12H17BrN2OS/c1-8(2)12-14-10(13)6-11(15-12)17-7-9-4-3-5-16-9/h6,8-9H,3-5,7H2,1-2H3. The molecule has 2 rings (SSSR count). The lowest BCUT2D eigenvalue weighted by Crippen LogP contribution is -2.08. The molecule has 1 aliphatic rings. The largest absolute Gasteiger partial charge is 0.377 e. The first-order chi connectivity index (χ1) is 8.15. The second kappa shape index (κ2) is 6.16. The third kappa shape index (κ3) is 3.93. The minimum absolute atomic E-state index is 0.356. The number of halogens is 1. The summed E-state index contributed by atoms with van der Waals surface area (Å²) in [7, 11) is 0. The number of hydrogen-bond acceptors (Lipinski definition) is 4. The van der Waals surface area contributed by atoms with Gasteiger partial charge in [0.2, 0.25) is 0 Å². The third-order valence-corrected chi connectivity index (χ3v) is 4.10. The SMILES string of the molecule is CC(C)c1nc(Br)cc(SCC2CCCO2)n1. The van der Waals surface area contributed by atoms with Crippen LogP contribution in [0.1, 0.15) is 38.4 Å². The zero-order valence-electron chi connectivity index (χ0n) is 10.1. The van der Waals surface area contributed by atoms with Gasteiger partial charge in [-0.2, -0.15) is 0 Å². The number of thioether (sulfide) groups is 1. The minimum Gasteiger partial charge on any atom is -0.377 e. The molecule has 0 spiro atoms. The molecule has 17 heavy (non-hydrogen) atoms. The maximum absolute atomic E-state index is 5.61. The van der Waals surface area contributed by atoms with Gasteiger partial charge in [0.25, 0.3) is 0 Å². The summed E-state index contributed by atoms with van der Waals surface area (Å²) in [4.78, 5) is 8.93. The average Bonchev–Trinajstić information content (AvgIpc) is 2.78. The Hall–Kier alpha value is -0.130. The Morgan fingerprint density at radius 3 is 3.00 bits per heavy atom. The van der Waals surface area contributed by atoms with E-state index in [9.17, 15) is 0 Å². The summed E-state index contributed by atoms with van der Waals surface area (Å²) in [5.74, 6) is 2.24. The van der Waals surface area contributed by atoms with Crippen LogP contribution in [-0.2, 0) is 4.74 Å². The first kappa shape index (κ1) is 13.3. The molecule has 2 heterocycles. The highest BCUT2D eigenvalue weighted by Gasteiger charge is 2.16. The topological polar surface area (TPSA) is 35.0 Å². The molecule has 1 fully saturated rings.